The zero-order chi connectivity index (χ0) is 21.5. The minimum atomic E-state index is -0.0331. The summed E-state index contributed by atoms with van der Waals surface area (Å²) in [6.45, 7) is 1.67. The minimum absolute atomic E-state index is 0.0331. The SMILES string of the molecule is O=c1c2cc(-c3ccc4c(c3)OCCO4)ccc2ncn1CCc1c[nH]c2ccccc12. The predicted molar refractivity (Wildman–Crippen MR) is 124 cm³/mol. The van der Waals surface area contributed by atoms with E-state index in [2.05, 4.69) is 22.1 Å². The summed E-state index contributed by atoms with van der Waals surface area (Å²) in [7, 11) is 0. The molecule has 6 heteroatoms. The molecule has 0 amide bonds. The normalized spacial score (nSPS) is 13.0. The first kappa shape index (κ1) is 18.7. The summed E-state index contributed by atoms with van der Waals surface area (Å²) in [5.74, 6) is 1.48. The number of aryl methyl sites for hydroxylation is 2. The molecule has 158 valence electrons. The summed E-state index contributed by atoms with van der Waals surface area (Å²) in [6, 6.07) is 19.9. The Balaban J connectivity index is 1.33. The van der Waals surface area contributed by atoms with Crippen LogP contribution in [0.5, 0.6) is 11.5 Å². The van der Waals surface area contributed by atoms with Crippen LogP contribution in [-0.2, 0) is 13.0 Å². The molecular formula is C26H21N3O3. The van der Waals surface area contributed by atoms with E-state index in [9.17, 15) is 4.79 Å². The van der Waals surface area contributed by atoms with E-state index < -0.39 is 0 Å². The number of nitrogens with one attached hydrogen (secondary N) is 1. The fourth-order valence-electron chi connectivity index (χ4n) is 4.30. The molecule has 3 heterocycles. The predicted octanol–water partition coefficient (Wildman–Crippen LogP) is 4.56. The molecule has 0 unspecified atom stereocenters. The molecule has 0 bridgehead atoms. The summed E-state index contributed by atoms with van der Waals surface area (Å²) in [4.78, 5) is 21.1. The third kappa shape index (κ3) is 3.21. The second kappa shape index (κ2) is 7.57. The molecular weight excluding hydrogens is 402 g/mol. The van der Waals surface area contributed by atoms with E-state index in [0.29, 0.717) is 30.7 Å². The van der Waals surface area contributed by atoms with Gasteiger partial charge in [0.25, 0.3) is 5.56 Å². The van der Waals surface area contributed by atoms with E-state index in [1.165, 1.54) is 10.9 Å². The third-order valence-electron chi connectivity index (χ3n) is 6.00. The molecule has 0 atom stereocenters. The lowest BCUT2D eigenvalue weighted by Crippen LogP contribution is -2.21. The number of rotatable bonds is 4. The molecule has 1 aliphatic heterocycles. The van der Waals surface area contributed by atoms with Gasteiger partial charge in [0.1, 0.15) is 13.2 Å². The van der Waals surface area contributed by atoms with Crippen LogP contribution in [0.15, 0.2) is 78.0 Å². The Bertz CT molecular complexity index is 1520. The Labute approximate surface area is 184 Å². The highest BCUT2D eigenvalue weighted by Gasteiger charge is 2.13. The van der Waals surface area contributed by atoms with E-state index >= 15 is 0 Å². The molecule has 1 N–H and O–H groups in total. The first-order valence-corrected chi connectivity index (χ1v) is 10.7. The first-order valence-electron chi connectivity index (χ1n) is 10.7. The maximum atomic E-state index is 13.2. The van der Waals surface area contributed by atoms with Crippen LogP contribution in [0, 0.1) is 0 Å². The summed E-state index contributed by atoms with van der Waals surface area (Å²) < 4.78 is 13.0. The van der Waals surface area contributed by atoms with Crippen molar-refractivity contribution >= 4 is 21.8 Å². The van der Waals surface area contributed by atoms with Gasteiger partial charge >= 0.3 is 0 Å². The van der Waals surface area contributed by atoms with Crippen molar-refractivity contribution < 1.29 is 9.47 Å². The second-order valence-corrected chi connectivity index (χ2v) is 7.94. The lowest BCUT2D eigenvalue weighted by atomic mass is 10.0. The van der Waals surface area contributed by atoms with Crippen molar-refractivity contribution in [2.24, 2.45) is 0 Å². The summed E-state index contributed by atoms with van der Waals surface area (Å²) in [5, 5.41) is 1.80. The summed E-state index contributed by atoms with van der Waals surface area (Å²) >= 11 is 0. The average molecular weight is 423 g/mol. The molecule has 0 saturated heterocycles. The lowest BCUT2D eigenvalue weighted by molar-refractivity contribution is 0.171. The standard InChI is InChI=1S/C26H21N3O3/c30-26-21-13-17(18-6-8-24-25(14-18)32-12-11-31-24)5-7-23(21)28-16-29(26)10-9-19-15-27-22-4-2-1-3-20(19)22/h1-8,13-16,27H,9-12H2. The molecule has 0 saturated carbocycles. The van der Waals surface area contributed by atoms with Crippen molar-refractivity contribution in [3.8, 4) is 22.6 Å². The van der Waals surface area contributed by atoms with Crippen LogP contribution in [0.25, 0.3) is 32.9 Å². The quantitative estimate of drug-likeness (QED) is 0.460. The van der Waals surface area contributed by atoms with Crippen LogP contribution in [-0.4, -0.2) is 27.7 Å². The smallest absolute Gasteiger partial charge is 0.261 e. The molecule has 2 aromatic heterocycles. The van der Waals surface area contributed by atoms with E-state index in [-0.39, 0.29) is 5.56 Å². The Morgan fingerprint density at radius 2 is 1.72 bits per heavy atom. The van der Waals surface area contributed by atoms with Gasteiger partial charge in [0.15, 0.2) is 11.5 Å². The van der Waals surface area contributed by atoms with E-state index in [1.54, 1.807) is 10.9 Å². The molecule has 6 nitrogen and oxygen atoms in total. The minimum Gasteiger partial charge on any atom is -0.486 e. The number of H-pyrrole nitrogens is 1. The van der Waals surface area contributed by atoms with Gasteiger partial charge in [0.05, 0.1) is 17.2 Å². The summed E-state index contributed by atoms with van der Waals surface area (Å²) in [6.07, 6.45) is 4.41. The van der Waals surface area contributed by atoms with Crippen molar-refractivity contribution in [1.82, 2.24) is 14.5 Å². The molecule has 0 fully saturated rings. The lowest BCUT2D eigenvalue weighted by Gasteiger charge is -2.19. The fraction of sp³-hybridized carbons (Fsp3) is 0.154. The number of aromatic nitrogens is 3. The highest BCUT2D eigenvalue weighted by Crippen LogP contribution is 2.35. The molecule has 0 radical (unpaired) electrons. The van der Waals surface area contributed by atoms with E-state index in [0.717, 1.165) is 34.6 Å². The van der Waals surface area contributed by atoms with Gasteiger partial charge in [0.2, 0.25) is 0 Å². The molecule has 0 aliphatic carbocycles. The topological polar surface area (TPSA) is 69.1 Å². The highest BCUT2D eigenvalue weighted by atomic mass is 16.6. The van der Waals surface area contributed by atoms with Crippen LogP contribution in [0.2, 0.25) is 0 Å². The van der Waals surface area contributed by atoms with Gasteiger partial charge in [-0.25, -0.2) is 4.98 Å². The van der Waals surface area contributed by atoms with Gasteiger partial charge in [-0.1, -0.05) is 30.3 Å². The molecule has 1 aliphatic rings. The Hall–Kier alpha value is -4.06. The van der Waals surface area contributed by atoms with Crippen molar-refractivity contribution in [3.05, 3.63) is 89.1 Å². The van der Waals surface area contributed by atoms with Gasteiger partial charge in [-0.05, 0) is 53.4 Å². The van der Waals surface area contributed by atoms with Gasteiger partial charge in [0, 0.05) is 23.6 Å². The van der Waals surface area contributed by atoms with Gasteiger partial charge < -0.3 is 14.5 Å². The van der Waals surface area contributed by atoms with Crippen LogP contribution in [0.4, 0.5) is 0 Å². The van der Waals surface area contributed by atoms with E-state index in [4.69, 9.17) is 9.47 Å². The third-order valence-corrected chi connectivity index (χ3v) is 6.00. The Morgan fingerprint density at radius 3 is 2.66 bits per heavy atom. The van der Waals surface area contributed by atoms with Crippen LogP contribution in [0.1, 0.15) is 5.56 Å². The van der Waals surface area contributed by atoms with Crippen LogP contribution < -0.4 is 15.0 Å². The molecule has 3 aromatic carbocycles. The fourth-order valence-corrected chi connectivity index (χ4v) is 4.30. The molecule has 0 spiro atoms. The molecule has 6 rings (SSSR count). The largest absolute Gasteiger partial charge is 0.486 e. The second-order valence-electron chi connectivity index (χ2n) is 7.94. The number of fused-ring (bicyclic) bond motifs is 3. The van der Waals surface area contributed by atoms with E-state index in [1.807, 2.05) is 54.7 Å². The van der Waals surface area contributed by atoms with Crippen molar-refractivity contribution in [1.29, 1.82) is 0 Å². The first-order chi connectivity index (χ1) is 15.8. The Kier molecular flexibility index (Phi) is 4.42. The van der Waals surface area contributed by atoms with Crippen LogP contribution in [0.3, 0.4) is 0 Å². The van der Waals surface area contributed by atoms with Crippen molar-refractivity contribution in [2.45, 2.75) is 13.0 Å². The number of benzene rings is 3. The number of ether oxygens (including phenoxy) is 2. The molecule has 32 heavy (non-hydrogen) atoms. The van der Waals surface area contributed by atoms with Gasteiger partial charge in [-0.2, -0.15) is 0 Å². The van der Waals surface area contributed by atoms with Gasteiger partial charge in [-0.3, -0.25) is 9.36 Å². The number of hydrogen-bond donors (Lipinski definition) is 1. The number of aromatic amines is 1. The van der Waals surface area contributed by atoms with Crippen molar-refractivity contribution in [2.75, 3.05) is 13.2 Å². The maximum Gasteiger partial charge on any atom is 0.261 e. The monoisotopic (exact) mass is 423 g/mol. The molecule has 5 aromatic rings. The summed E-state index contributed by atoms with van der Waals surface area (Å²) in [5.41, 5.74) is 4.88. The number of nitrogens with zero attached hydrogens (tertiary/aromatic N) is 2. The average Bonchev–Trinajstić information content (AvgIpc) is 3.26. The zero-order valence-corrected chi connectivity index (χ0v) is 17.4. The Morgan fingerprint density at radius 1 is 0.906 bits per heavy atom. The zero-order valence-electron chi connectivity index (χ0n) is 17.4. The van der Waals surface area contributed by atoms with Crippen LogP contribution >= 0.6 is 0 Å². The number of para-hydroxylation sites is 1. The number of hydrogen-bond acceptors (Lipinski definition) is 4. The maximum absolute atomic E-state index is 13.2. The van der Waals surface area contributed by atoms with Crippen molar-refractivity contribution in [3.63, 3.8) is 0 Å². The highest BCUT2D eigenvalue weighted by molar-refractivity contribution is 5.84. The van der Waals surface area contributed by atoms with Gasteiger partial charge in [-0.15, -0.1) is 0 Å².